The van der Waals surface area contributed by atoms with Crippen LogP contribution in [0.1, 0.15) is 52.0 Å². The van der Waals surface area contributed by atoms with Gasteiger partial charge in [-0.05, 0) is 45.7 Å². The minimum absolute atomic E-state index is 0.0765. The largest absolute Gasteiger partial charge is 0.350 e. The molecule has 140 valence electrons. The lowest BCUT2D eigenvalue weighted by Crippen LogP contribution is -2.55. The maximum Gasteiger partial charge on any atom is 0.263 e. The molecule has 0 saturated carbocycles. The van der Waals surface area contributed by atoms with E-state index in [1.165, 1.54) is 16.4 Å². The van der Waals surface area contributed by atoms with Crippen molar-refractivity contribution in [2.75, 3.05) is 6.54 Å². The zero-order valence-corrected chi connectivity index (χ0v) is 15.4. The van der Waals surface area contributed by atoms with Gasteiger partial charge >= 0.3 is 0 Å². The minimum atomic E-state index is -3.93. The van der Waals surface area contributed by atoms with Crippen LogP contribution in [0.4, 0.5) is 8.78 Å². The summed E-state index contributed by atoms with van der Waals surface area (Å²) in [5, 5.41) is 2.82. The van der Waals surface area contributed by atoms with Crippen molar-refractivity contribution >= 4 is 15.9 Å². The lowest BCUT2D eigenvalue weighted by atomic mass is 10.0. The molecule has 1 fully saturated rings. The van der Waals surface area contributed by atoms with Gasteiger partial charge in [0.05, 0.1) is 4.90 Å². The van der Waals surface area contributed by atoms with E-state index in [-0.39, 0.29) is 22.9 Å². The van der Waals surface area contributed by atoms with E-state index in [0.717, 1.165) is 18.6 Å². The average Bonchev–Trinajstić information content (AvgIpc) is 2.53. The molecule has 25 heavy (non-hydrogen) atoms. The third-order valence-corrected chi connectivity index (χ3v) is 5.92. The van der Waals surface area contributed by atoms with Crippen LogP contribution in [-0.4, -0.2) is 36.8 Å². The van der Waals surface area contributed by atoms with Gasteiger partial charge in [0.1, 0.15) is 6.04 Å². The van der Waals surface area contributed by atoms with Crippen LogP contribution < -0.4 is 5.32 Å². The zero-order chi connectivity index (χ0) is 18.8. The van der Waals surface area contributed by atoms with Gasteiger partial charge in [-0.15, -0.1) is 0 Å². The predicted octanol–water partition coefficient (Wildman–Crippen LogP) is 3.08. The standard InChI is InChI=1S/C17H24F2N2O3S/c1-17(2,3)20-16(22)14-6-4-5-11-21(14)25(23,24)13-9-7-12(8-10-13)15(18)19/h7-10,14-15H,4-6,11H2,1-3H3,(H,20,22)/t14-/m0/s1. The Labute approximate surface area is 147 Å². The van der Waals surface area contributed by atoms with Crippen molar-refractivity contribution in [3.05, 3.63) is 29.8 Å². The van der Waals surface area contributed by atoms with E-state index >= 15 is 0 Å². The first-order valence-electron chi connectivity index (χ1n) is 8.24. The number of amides is 1. The van der Waals surface area contributed by atoms with Crippen molar-refractivity contribution in [3.63, 3.8) is 0 Å². The number of hydrogen-bond donors (Lipinski definition) is 1. The Hall–Kier alpha value is -1.54. The fraction of sp³-hybridized carbons (Fsp3) is 0.588. The average molecular weight is 374 g/mol. The highest BCUT2D eigenvalue weighted by Crippen LogP contribution is 2.27. The third kappa shape index (κ3) is 4.76. The quantitative estimate of drug-likeness (QED) is 0.881. The fourth-order valence-electron chi connectivity index (χ4n) is 2.83. The van der Waals surface area contributed by atoms with Crippen LogP contribution in [0.25, 0.3) is 0 Å². The molecule has 5 nitrogen and oxygen atoms in total. The number of hydrogen-bond acceptors (Lipinski definition) is 3. The number of carbonyl (C=O) groups excluding carboxylic acids is 1. The lowest BCUT2D eigenvalue weighted by molar-refractivity contribution is -0.127. The van der Waals surface area contributed by atoms with Gasteiger partial charge in [-0.3, -0.25) is 4.79 Å². The number of nitrogens with one attached hydrogen (secondary N) is 1. The summed E-state index contributed by atoms with van der Waals surface area (Å²) in [7, 11) is -3.93. The Morgan fingerprint density at radius 1 is 1.20 bits per heavy atom. The first-order chi connectivity index (χ1) is 11.5. The Kier molecular flexibility index (Phi) is 5.83. The molecule has 1 N–H and O–H groups in total. The van der Waals surface area contributed by atoms with Crippen molar-refractivity contribution < 1.29 is 22.0 Å². The SMILES string of the molecule is CC(C)(C)NC(=O)[C@@H]1CCCCN1S(=O)(=O)c1ccc(C(F)F)cc1. The van der Waals surface area contributed by atoms with Crippen molar-refractivity contribution in [1.29, 1.82) is 0 Å². The van der Waals surface area contributed by atoms with Crippen molar-refractivity contribution in [2.45, 2.75) is 62.9 Å². The topological polar surface area (TPSA) is 66.5 Å². The molecule has 1 aromatic carbocycles. The molecule has 0 radical (unpaired) electrons. The first kappa shape index (κ1) is 19.8. The summed E-state index contributed by atoms with van der Waals surface area (Å²) in [4.78, 5) is 12.5. The third-order valence-electron chi connectivity index (χ3n) is 3.99. The van der Waals surface area contributed by atoms with Gasteiger partial charge in [0.25, 0.3) is 6.43 Å². The fourth-order valence-corrected chi connectivity index (χ4v) is 4.48. The molecular formula is C17H24F2N2O3S. The van der Waals surface area contributed by atoms with Crippen molar-refractivity contribution in [2.24, 2.45) is 0 Å². The Morgan fingerprint density at radius 2 is 1.80 bits per heavy atom. The molecule has 1 aliphatic heterocycles. The number of sulfonamides is 1. The molecule has 1 amide bonds. The maximum absolute atomic E-state index is 12.9. The molecule has 0 spiro atoms. The molecule has 0 unspecified atom stereocenters. The molecule has 1 atom stereocenters. The highest BCUT2D eigenvalue weighted by Gasteiger charge is 2.38. The highest BCUT2D eigenvalue weighted by molar-refractivity contribution is 7.89. The predicted molar refractivity (Wildman–Crippen MR) is 90.8 cm³/mol. The number of carbonyl (C=O) groups is 1. The minimum Gasteiger partial charge on any atom is -0.350 e. The van der Waals surface area contributed by atoms with Gasteiger partial charge in [-0.2, -0.15) is 4.31 Å². The van der Waals surface area contributed by atoms with Crippen molar-refractivity contribution in [1.82, 2.24) is 9.62 Å². The van der Waals surface area contributed by atoms with Gasteiger partial charge in [-0.25, -0.2) is 17.2 Å². The summed E-state index contributed by atoms with van der Waals surface area (Å²) in [6.45, 7) is 5.72. The summed E-state index contributed by atoms with van der Waals surface area (Å²) in [5.74, 6) is -0.333. The monoisotopic (exact) mass is 374 g/mol. The molecule has 1 aliphatic rings. The van der Waals surface area contributed by atoms with Gasteiger partial charge in [0.15, 0.2) is 0 Å². The Bertz CT molecular complexity index is 712. The Balaban J connectivity index is 2.29. The molecule has 1 aromatic rings. The molecule has 0 aliphatic carbocycles. The zero-order valence-electron chi connectivity index (χ0n) is 14.6. The molecule has 1 saturated heterocycles. The van der Waals surface area contributed by atoms with Crippen molar-refractivity contribution in [3.8, 4) is 0 Å². The van der Waals surface area contributed by atoms with Crippen LogP contribution in [-0.2, 0) is 14.8 Å². The number of benzene rings is 1. The summed E-state index contributed by atoms with van der Waals surface area (Å²) >= 11 is 0. The second-order valence-electron chi connectivity index (χ2n) is 7.24. The number of halogens is 2. The van der Waals surface area contributed by atoms with E-state index in [1.807, 2.05) is 20.8 Å². The van der Waals surface area contributed by atoms with E-state index in [2.05, 4.69) is 5.32 Å². The molecular weight excluding hydrogens is 350 g/mol. The molecule has 0 aromatic heterocycles. The van der Waals surface area contributed by atoms with E-state index in [1.54, 1.807) is 0 Å². The summed E-state index contributed by atoms with van der Waals surface area (Å²) in [5.41, 5.74) is -0.706. The van der Waals surface area contributed by atoms with Crippen LogP contribution in [0.2, 0.25) is 0 Å². The van der Waals surface area contributed by atoms with Crippen LogP contribution in [0.15, 0.2) is 29.2 Å². The summed E-state index contributed by atoms with van der Waals surface area (Å²) in [6, 6.07) is 3.76. The van der Waals surface area contributed by atoms with Gasteiger partial charge in [0.2, 0.25) is 15.9 Å². The molecule has 2 rings (SSSR count). The van der Waals surface area contributed by atoms with Crippen LogP contribution in [0.3, 0.4) is 0 Å². The molecule has 0 bridgehead atoms. The van der Waals surface area contributed by atoms with Gasteiger partial charge < -0.3 is 5.32 Å². The molecule has 8 heteroatoms. The lowest BCUT2D eigenvalue weighted by Gasteiger charge is -2.35. The number of alkyl halides is 2. The van der Waals surface area contributed by atoms with Crippen LogP contribution >= 0.6 is 0 Å². The normalized spacial score (nSPS) is 19.8. The smallest absolute Gasteiger partial charge is 0.263 e. The number of nitrogens with zero attached hydrogens (tertiary/aromatic N) is 1. The summed E-state index contributed by atoms with van der Waals surface area (Å²) in [6.07, 6.45) is -0.792. The number of rotatable bonds is 4. The van der Waals surface area contributed by atoms with E-state index < -0.39 is 28.0 Å². The van der Waals surface area contributed by atoms with Gasteiger partial charge in [-0.1, -0.05) is 18.6 Å². The van der Waals surface area contributed by atoms with E-state index in [4.69, 9.17) is 0 Å². The van der Waals surface area contributed by atoms with Gasteiger partial charge in [0, 0.05) is 17.6 Å². The second-order valence-corrected chi connectivity index (χ2v) is 9.13. The second kappa shape index (κ2) is 7.37. The van der Waals surface area contributed by atoms with E-state index in [0.29, 0.717) is 12.8 Å². The first-order valence-corrected chi connectivity index (χ1v) is 9.68. The van der Waals surface area contributed by atoms with E-state index in [9.17, 15) is 22.0 Å². The Morgan fingerprint density at radius 3 is 2.32 bits per heavy atom. The maximum atomic E-state index is 12.9. The molecule has 1 heterocycles. The van der Waals surface area contributed by atoms with Crippen LogP contribution in [0, 0.1) is 0 Å². The number of piperidine rings is 1. The highest BCUT2D eigenvalue weighted by atomic mass is 32.2. The summed E-state index contributed by atoms with van der Waals surface area (Å²) < 4.78 is 52.3. The van der Waals surface area contributed by atoms with Crippen LogP contribution in [0.5, 0.6) is 0 Å².